The predicted molar refractivity (Wildman–Crippen MR) is 82.0 cm³/mol. The Morgan fingerprint density at radius 3 is 2.20 bits per heavy atom. The van der Waals surface area contributed by atoms with Crippen molar-refractivity contribution >= 4 is 22.7 Å². The standard InChI is InChI=1S/C16H13N3S/c1-2-4-14(5-3-1)18-19-15-8-6-13(7-9-15)10-16-11-20-12-17-16/h1-9,11-12H,10H2. The van der Waals surface area contributed by atoms with E-state index in [-0.39, 0.29) is 0 Å². The summed E-state index contributed by atoms with van der Waals surface area (Å²) < 4.78 is 0. The molecule has 4 heteroatoms. The Labute approximate surface area is 121 Å². The highest BCUT2D eigenvalue weighted by Gasteiger charge is 1.98. The van der Waals surface area contributed by atoms with Crippen molar-refractivity contribution in [3.63, 3.8) is 0 Å². The minimum Gasteiger partial charge on any atom is -0.249 e. The van der Waals surface area contributed by atoms with Crippen LogP contribution < -0.4 is 0 Å². The summed E-state index contributed by atoms with van der Waals surface area (Å²) in [6.45, 7) is 0. The van der Waals surface area contributed by atoms with Crippen LogP contribution in [0.5, 0.6) is 0 Å². The molecule has 0 N–H and O–H groups in total. The lowest BCUT2D eigenvalue weighted by Gasteiger charge is -1.98. The van der Waals surface area contributed by atoms with Gasteiger partial charge in [-0.3, -0.25) is 0 Å². The molecule has 0 fully saturated rings. The van der Waals surface area contributed by atoms with Crippen molar-refractivity contribution in [3.05, 3.63) is 76.7 Å². The lowest BCUT2D eigenvalue weighted by molar-refractivity contribution is 1.10. The molecule has 0 atom stereocenters. The summed E-state index contributed by atoms with van der Waals surface area (Å²) in [4.78, 5) is 4.29. The van der Waals surface area contributed by atoms with Crippen LogP contribution in [0.3, 0.4) is 0 Å². The van der Waals surface area contributed by atoms with Crippen LogP contribution in [0.4, 0.5) is 11.4 Å². The maximum absolute atomic E-state index is 4.29. The monoisotopic (exact) mass is 279 g/mol. The topological polar surface area (TPSA) is 37.6 Å². The molecule has 98 valence electrons. The van der Waals surface area contributed by atoms with Crippen molar-refractivity contribution in [1.29, 1.82) is 0 Å². The van der Waals surface area contributed by atoms with Gasteiger partial charge in [0.1, 0.15) is 0 Å². The van der Waals surface area contributed by atoms with Crippen LogP contribution in [-0.2, 0) is 6.42 Å². The summed E-state index contributed by atoms with van der Waals surface area (Å²) in [5.41, 5.74) is 5.91. The first-order chi connectivity index (χ1) is 9.90. The molecule has 0 aliphatic carbocycles. The zero-order valence-corrected chi connectivity index (χ0v) is 11.6. The first kappa shape index (κ1) is 12.7. The molecule has 0 spiro atoms. The van der Waals surface area contributed by atoms with Crippen molar-refractivity contribution in [2.75, 3.05) is 0 Å². The highest BCUT2D eigenvalue weighted by Crippen LogP contribution is 2.19. The Morgan fingerprint density at radius 1 is 0.850 bits per heavy atom. The molecule has 0 aliphatic heterocycles. The first-order valence-corrected chi connectivity index (χ1v) is 7.27. The molecule has 0 saturated carbocycles. The maximum Gasteiger partial charge on any atom is 0.0857 e. The molecule has 3 rings (SSSR count). The van der Waals surface area contributed by atoms with Gasteiger partial charge in [0.25, 0.3) is 0 Å². The molecule has 20 heavy (non-hydrogen) atoms. The van der Waals surface area contributed by atoms with Gasteiger partial charge in [-0.15, -0.1) is 11.3 Å². The lowest BCUT2D eigenvalue weighted by atomic mass is 10.1. The fourth-order valence-corrected chi connectivity index (χ4v) is 2.38. The molecule has 0 aliphatic rings. The summed E-state index contributed by atoms with van der Waals surface area (Å²) >= 11 is 1.62. The van der Waals surface area contributed by atoms with Crippen LogP contribution >= 0.6 is 11.3 Å². The molecule has 3 aromatic rings. The maximum atomic E-state index is 4.29. The Bertz CT molecular complexity index is 674. The van der Waals surface area contributed by atoms with Crippen molar-refractivity contribution < 1.29 is 0 Å². The van der Waals surface area contributed by atoms with E-state index in [1.54, 1.807) is 11.3 Å². The van der Waals surface area contributed by atoms with Crippen LogP contribution in [0.25, 0.3) is 0 Å². The van der Waals surface area contributed by atoms with Crippen molar-refractivity contribution in [2.24, 2.45) is 10.2 Å². The zero-order valence-electron chi connectivity index (χ0n) is 10.8. The number of benzene rings is 2. The summed E-state index contributed by atoms with van der Waals surface area (Å²) in [7, 11) is 0. The van der Waals surface area contributed by atoms with E-state index in [4.69, 9.17) is 0 Å². The normalized spacial score (nSPS) is 11.0. The fourth-order valence-electron chi connectivity index (χ4n) is 1.82. The number of thiazole rings is 1. The average molecular weight is 279 g/mol. The highest BCUT2D eigenvalue weighted by atomic mass is 32.1. The van der Waals surface area contributed by atoms with E-state index in [9.17, 15) is 0 Å². The SMILES string of the molecule is c1ccc(N=Nc2ccc(Cc3cscn3)cc2)cc1. The Balaban J connectivity index is 1.68. The molecule has 1 heterocycles. The Hall–Kier alpha value is -2.33. The van der Waals surface area contributed by atoms with E-state index in [1.807, 2.05) is 48.0 Å². The van der Waals surface area contributed by atoms with Crippen molar-refractivity contribution in [2.45, 2.75) is 6.42 Å². The Morgan fingerprint density at radius 2 is 1.55 bits per heavy atom. The zero-order chi connectivity index (χ0) is 13.6. The van der Waals surface area contributed by atoms with Crippen LogP contribution in [0.2, 0.25) is 0 Å². The van der Waals surface area contributed by atoms with E-state index in [2.05, 4.69) is 32.7 Å². The summed E-state index contributed by atoms with van der Waals surface area (Å²) in [6.07, 6.45) is 0.861. The van der Waals surface area contributed by atoms with Gasteiger partial charge in [0.2, 0.25) is 0 Å². The van der Waals surface area contributed by atoms with E-state index < -0.39 is 0 Å². The second-order valence-corrected chi connectivity index (χ2v) is 5.08. The van der Waals surface area contributed by atoms with Gasteiger partial charge in [-0.05, 0) is 29.8 Å². The second kappa shape index (κ2) is 6.21. The molecule has 0 saturated heterocycles. The fraction of sp³-hybridized carbons (Fsp3) is 0.0625. The number of nitrogens with zero attached hydrogens (tertiary/aromatic N) is 3. The van der Waals surface area contributed by atoms with E-state index in [0.29, 0.717) is 0 Å². The number of aromatic nitrogens is 1. The quantitative estimate of drug-likeness (QED) is 0.608. The summed E-state index contributed by atoms with van der Waals surface area (Å²) in [5, 5.41) is 10.5. The smallest absolute Gasteiger partial charge is 0.0857 e. The number of hydrogen-bond donors (Lipinski definition) is 0. The van der Waals surface area contributed by atoms with Crippen LogP contribution in [-0.4, -0.2) is 4.98 Å². The second-order valence-electron chi connectivity index (χ2n) is 4.36. The lowest BCUT2D eigenvalue weighted by Crippen LogP contribution is -1.86. The van der Waals surface area contributed by atoms with Gasteiger partial charge in [-0.2, -0.15) is 10.2 Å². The Kier molecular flexibility index (Phi) is 3.94. The number of azo groups is 1. The van der Waals surface area contributed by atoms with Crippen LogP contribution in [0.1, 0.15) is 11.3 Å². The molecule has 0 amide bonds. The molecule has 2 aromatic carbocycles. The minimum atomic E-state index is 0.857. The molecule has 0 unspecified atom stereocenters. The summed E-state index contributed by atoms with van der Waals surface area (Å²) in [5.74, 6) is 0. The van der Waals surface area contributed by atoms with Crippen LogP contribution in [0.15, 0.2) is 75.7 Å². The van der Waals surface area contributed by atoms with Gasteiger partial charge < -0.3 is 0 Å². The average Bonchev–Trinajstić information content (AvgIpc) is 3.01. The number of hydrogen-bond acceptors (Lipinski definition) is 4. The van der Waals surface area contributed by atoms with Gasteiger partial charge in [0.15, 0.2) is 0 Å². The third-order valence-electron chi connectivity index (χ3n) is 2.84. The van der Waals surface area contributed by atoms with Crippen molar-refractivity contribution in [3.8, 4) is 0 Å². The van der Waals surface area contributed by atoms with E-state index in [0.717, 1.165) is 23.5 Å². The third kappa shape index (κ3) is 3.36. The minimum absolute atomic E-state index is 0.857. The predicted octanol–water partition coefficient (Wildman–Crippen LogP) is 5.15. The van der Waals surface area contributed by atoms with Gasteiger partial charge in [-0.25, -0.2) is 4.98 Å². The molecular weight excluding hydrogens is 266 g/mol. The molecule has 0 bridgehead atoms. The summed E-state index contributed by atoms with van der Waals surface area (Å²) in [6, 6.07) is 17.8. The van der Waals surface area contributed by atoms with Crippen LogP contribution in [0, 0.1) is 0 Å². The largest absolute Gasteiger partial charge is 0.249 e. The third-order valence-corrected chi connectivity index (χ3v) is 3.48. The van der Waals surface area contributed by atoms with Gasteiger partial charge in [0, 0.05) is 11.8 Å². The van der Waals surface area contributed by atoms with E-state index >= 15 is 0 Å². The highest BCUT2D eigenvalue weighted by molar-refractivity contribution is 7.07. The number of rotatable bonds is 4. The van der Waals surface area contributed by atoms with Gasteiger partial charge >= 0.3 is 0 Å². The van der Waals surface area contributed by atoms with Crippen molar-refractivity contribution in [1.82, 2.24) is 4.98 Å². The molecule has 3 nitrogen and oxygen atoms in total. The van der Waals surface area contributed by atoms with Gasteiger partial charge in [-0.1, -0.05) is 30.3 Å². The molecule has 1 aromatic heterocycles. The van der Waals surface area contributed by atoms with E-state index in [1.165, 1.54) is 5.56 Å². The first-order valence-electron chi connectivity index (χ1n) is 6.33. The van der Waals surface area contributed by atoms with Gasteiger partial charge in [0.05, 0.1) is 22.6 Å². The molecular formula is C16H13N3S. The molecule has 0 radical (unpaired) electrons.